The van der Waals surface area contributed by atoms with E-state index >= 15 is 0 Å². The number of hydrogen-bond acceptors (Lipinski definition) is 2. The number of amides is 1. The lowest BCUT2D eigenvalue weighted by molar-refractivity contribution is -0.129. The number of carbonyl (C=O) groups excluding carboxylic acids is 1. The molecular weight excluding hydrogens is 200 g/mol. The molecular formula is C13H20N2O. The maximum absolute atomic E-state index is 11.5. The van der Waals surface area contributed by atoms with Crippen LogP contribution in [-0.4, -0.2) is 30.4 Å². The van der Waals surface area contributed by atoms with Gasteiger partial charge in [0.25, 0.3) is 0 Å². The quantitative estimate of drug-likeness (QED) is 0.784. The van der Waals surface area contributed by atoms with Crippen LogP contribution in [0.3, 0.4) is 0 Å². The molecule has 1 fully saturated rings. The highest BCUT2D eigenvalue weighted by molar-refractivity contribution is 5.77. The SMILES string of the molecule is C=C(C)NC/C=C1\CN(C(=O)CC)CC1=C. The standard InChI is InChI=1S/C13H20N2O/c1-5-13(16)15-8-11(4)12(9-15)6-7-14-10(2)3/h6,14H,2,4-5,7-9H2,1,3H3/b12-6+. The number of nitrogens with zero attached hydrogens (tertiary/aromatic N) is 1. The lowest BCUT2D eigenvalue weighted by Crippen LogP contribution is -2.26. The summed E-state index contributed by atoms with van der Waals surface area (Å²) in [4.78, 5) is 13.4. The van der Waals surface area contributed by atoms with Gasteiger partial charge in [0.15, 0.2) is 0 Å². The molecule has 0 saturated carbocycles. The van der Waals surface area contributed by atoms with Gasteiger partial charge < -0.3 is 10.2 Å². The molecule has 16 heavy (non-hydrogen) atoms. The van der Waals surface area contributed by atoms with Gasteiger partial charge >= 0.3 is 0 Å². The van der Waals surface area contributed by atoms with Crippen LogP contribution in [0.15, 0.2) is 36.1 Å². The molecule has 0 radical (unpaired) electrons. The Balaban J connectivity index is 2.54. The van der Waals surface area contributed by atoms with Crippen molar-refractivity contribution in [3.05, 3.63) is 36.1 Å². The number of hydrogen-bond donors (Lipinski definition) is 1. The molecule has 1 N–H and O–H groups in total. The number of rotatable bonds is 4. The van der Waals surface area contributed by atoms with Crippen molar-refractivity contribution >= 4 is 5.91 Å². The minimum atomic E-state index is 0.192. The zero-order chi connectivity index (χ0) is 12.1. The molecule has 0 unspecified atom stereocenters. The van der Waals surface area contributed by atoms with Crippen molar-refractivity contribution in [3.63, 3.8) is 0 Å². The van der Waals surface area contributed by atoms with Crippen molar-refractivity contribution in [2.75, 3.05) is 19.6 Å². The van der Waals surface area contributed by atoms with Gasteiger partial charge in [0.1, 0.15) is 0 Å². The van der Waals surface area contributed by atoms with E-state index < -0.39 is 0 Å². The first-order valence-electron chi connectivity index (χ1n) is 5.59. The second-order valence-electron chi connectivity index (χ2n) is 4.10. The molecule has 1 aliphatic rings. The molecule has 0 bridgehead atoms. The summed E-state index contributed by atoms with van der Waals surface area (Å²) in [5, 5.41) is 3.14. The fourth-order valence-corrected chi connectivity index (χ4v) is 1.66. The first-order valence-corrected chi connectivity index (χ1v) is 5.59. The number of allylic oxidation sites excluding steroid dienone is 1. The maximum Gasteiger partial charge on any atom is 0.222 e. The van der Waals surface area contributed by atoms with E-state index in [0.717, 1.165) is 23.4 Å². The first-order chi connectivity index (χ1) is 7.54. The number of carbonyl (C=O) groups is 1. The average molecular weight is 220 g/mol. The molecule has 0 aromatic heterocycles. The highest BCUT2D eigenvalue weighted by atomic mass is 16.2. The Morgan fingerprint density at radius 2 is 2.25 bits per heavy atom. The number of likely N-dealkylation sites (tertiary alicyclic amines) is 1. The third kappa shape index (κ3) is 3.26. The lowest BCUT2D eigenvalue weighted by atomic mass is 10.1. The van der Waals surface area contributed by atoms with Gasteiger partial charge in [-0.1, -0.05) is 26.2 Å². The largest absolute Gasteiger partial charge is 0.386 e. The Kier molecular flexibility index (Phi) is 4.35. The van der Waals surface area contributed by atoms with Crippen LogP contribution >= 0.6 is 0 Å². The van der Waals surface area contributed by atoms with Gasteiger partial charge in [0.05, 0.1) is 0 Å². The van der Waals surface area contributed by atoms with Crippen LogP contribution in [0.5, 0.6) is 0 Å². The van der Waals surface area contributed by atoms with Crippen LogP contribution in [0.1, 0.15) is 20.3 Å². The molecule has 1 saturated heterocycles. The smallest absolute Gasteiger partial charge is 0.222 e. The Bertz CT molecular complexity index is 342. The van der Waals surface area contributed by atoms with Gasteiger partial charge in [0, 0.05) is 31.8 Å². The molecule has 1 aliphatic heterocycles. The van der Waals surface area contributed by atoms with E-state index in [9.17, 15) is 4.79 Å². The van der Waals surface area contributed by atoms with Crippen molar-refractivity contribution in [1.82, 2.24) is 10.2 Å². The van der Waals surface area contributed by atoms with Gasteiger partial charge in [-0.2, -0.15) is 0 Å². The van der Waals surface area contributed by atoms with Crippen molar-refractivity contribution in [2.45, 2.75) is 20.3 Å². The molecule has 1 heterocycles. The van der Waals surface area contributed by atoms with Crippen molar-refractivity contribution in [3.8, 4) is 0 Å². The molecule has 1 amide bonds. The highest BCUT2D eigenvalue weighted by Gasteiger charge is 2.22. The van der Waals surface area contributed by atoms with Crippen molar-refractivity contribution < 1.29 is 4.79 Å². The van der Waals surface area contributed by atoms with Crippen LogP contribution in [0.25, 0.3) is 0 Å². The summed E-state index contributed by atoms with van der Waals surface area (Å²) in [6.07, 6.45) is 2.64. The third-order valence-corrected chi connectivity index (χ3v) is 2.60. The summed E-state index contributed by atoms with van der Waals surface area (Å²) >= 11 is 0. The topological polar surface area (TPSA) is 32.3 Å². The van der Waals surface area contributed by atoms with Crippen LogP contribution in [0.4, 0.5) is 0 Å². The average Bonchev–Trinajstić information content (AvgIpc) is 2.59. The second-order valence-corrected chi connectivity index (χ2v) is 4.10. The summed E-state index contributed by atoms with van der Waals surface area (Å²) in [5.74, 6) is 0.192. The van der Waals surface area contributed by atoms with E-state index in [4.69, 9.17) is 0 Å². The van der Waals surface area contributed by atoms with E-state index in [0.29, 0.717) is 19.5 Å². The van der Waals surface area contributed by atoms with E-state index in [2.05, 4.69) is 24.6 Å². The monoisotopic (exact) mass is 220 g/mol. The molecule has 0 aromatic rings. The van der Waals surface area contributed by atoms with E-state index in [1.54, 1.807) is 0 Å². The predicted octanol–water partition coefficient (Wildman–Crippen LogP) is 1.84. The Labute approximate surface area is 97.5 Å². The molecule has 0 aliphatic carbocycles. The molecule has 3 nitrogen and oxygen atoms in total. The highest BCUT2D eigenvalue weighted by Crippen LogP contribution is 2.20. The third-order valence-electron chi connectivity index (χ3n) is 2.60. The van der Waals surface area contributed by atoms with E-state index in [1.807, 2.05) is 18.7 Å². The summed E-state index contributed by atoms with van der Waals surface area (Å²) in [6.45, 7) is 13.7. The van der Waals surface area contributed by atoms with Crippen LogP contribution in [0.2, 0.25) is 0 Å². The Hall–Kier alpha value is -1.51. The fraction of sp³-hybridized carbons (Fsp3) is 0.462. The predicted molar refractivity (Wildman–Crippen MR) is 66.9 cm³/mol. The zero-order valence-corrected chi connectivity index (χ0v) is 10.2. The molecule has 0 spiro atoms. The molecule has 1 rings (SSSR count). The number of nitrogens with one attached hydrogen (secondary N) is 1. The van der Waals surface area contributed by atoms with Gasteiger partial charge in [-0.25, -0.2) is 0 Å². The molecule has 88 valence electrons. The van der Waals surface area contributed by atoms with Gasteiger partial charge in [-0.3, -0.25) is 4.79 Å². The minimum Gasteiger partial charge on any atom is -0.386 e. The van der Waals surface area contributed by atoms with Gasteiger partial charge in [-0.05, 0) is 18.1 Å². The van der Waals surface area contributed by atoms with Crippen molar-refractivity contribution in [2.24, 2.45) is 0 Å². The van der Waals surface area contributed by atoms with E-state index in [1.165, 1.54) is 0 Å². The van der Waals surface area contributed by atoms with Crippen LogP contribution < -0.4 is 5.32 Å². The summed E-state index contributed by atoms with van der Waals surface area (Å²) in [7, 11) is 0. The zero-order valence-electron chi connectivity index (χ0n) is 10.2. The second kappa shape index (κ2) is 5.54. The first kappa shape index (κ1) is 12.6. The van der Waals surface area contributed by atoms with Gasteiger partial charge in [0.2, 0.25) is 5.91 Å². The fourth-order valence-electron chi connectivity index (χ4n) is 1.66. The lowest BCUT2D eigenvalue weighted by Gasteiger charge is -2.12. The normalized spacial score (nSPS) is 18.0. The molecule has 0 atom stereocenters. The minimum absolute atomic E-state index is 0.192. The molecule has 0 aromatic carbocycles. The van der Waals surface area contributed by atoms with Crippen molar-refractivity contribution in [1.29, 1.82) is 0 Å². The summed E-state index contributed by atoms with van der Waals surface area (Å²) < 4.78 is 0. The van der Waals surface area contributed by atoms with E-state index in [-0.39, 0.29) is 5.91 Å². The van der Waals surface area contributed by atoms with Gasteiger partial charge in [-0.15, -0.1) is 0 Å². The summed E-state index contributed by atoms with van der Waals surface area (Å²) in [5.41, 5.74) is 3.16. The Morgan fingerprint density at radius 1 is 1.56 bits per heavy atom. The maximum atomic E-state index is 11.5. The molecule has 3 heteroatoms. The Morgan fingerprint density at radius 3 is 2.81 bits per heavy atom. The van der Waals surface area contributed by atoms with Crippen LogP contribution in [0, 0.1) is 0 Å². The summed E-state index contributed by atoms with van der Waals surface area (Å²) in [6, 6.07) is 0. The van der Waals surface area contributed by atoms with Crippen LogP contribution in [-0.2, 0) is 4.79 Å².